The van der Waals surface area contributed by atoms with Gasteiger partial charge in [0.15, 0.2) is 11.5 Å². The standard InChI is InChI=1S/C19H27N3O5/c1-5-12(4)20-17(23)8-9-22-18(24)13-10-15(26-6-2)16(27-7-3)11-14(13)21-19(22)25/h10-12H,5-9H2,1-4H3,(H,20,23)(H,21,25)/t12-/m0/s1. The molecular weight excluding hydrogens is 350 g/mol. The smallest absolute Gasteiger partial charge is 0.328 e. The fraction of sp³-hybridized carbons (Fsp3) is 0.526. The van der Waals surface area contributed by atoms with Gasteiger partial charge >= 0.3 is 5.69 Å². The van der Waals surface area contributed by atoms with Gasteiger partial charge in [-0.2, -0.15) is 0 Å². The Bertz CT molecular complexity index is 916. The molecule has 1 atom stereocenters. The van der Waals surface area contributed by atoms with Gasteiger partial charge in [0, 0.05) is 25.1 Å². The fourth-order valence-corrected chi connectivity index (χ4v) is 2.66. The molecule has 0 saturated heterocycles. The Balaban J connectivity index is 2.38. The molecule has 0 aliphatic heterocycles. The quantitative estimate of drug-likeness (QED) is 0.694. The molecule has 0 unspecified atom stereocenters. The molecule has 0 saturated carbocycles. The van der Waals surface area contributed by atoms with Crippen LogP contribution in [0.3, 0.4) is 0 Å². The van der Waals surface area contributed by atoms with Crippen LogP contribution in [-0.4, -0.2) is 34.7 Å². The van der Waals surface area contributed by atoms with Crippen LogP contribution in [0.1, 0.15) is 40.5 Å². The molecular formula is C19H27N3O5. The van der Waals surface area contributed by atoms with Crippen molar-refractivity contribution in [2.24, 2.45) is 0 Å². The van der Waals surface area contributed by atoms with E-state index in [2.05, 4.69) is 10.3 Å². The van der Waals surface area contributed by atoms with Crippen LogP contribution in [0.4, 0.5) is 0 Å². The number of H-pyrrole nitrogens is 1. The van der Waals surface area contributed by atoms with Crippen LogP contribution in [0.2, 0.25) is 0 Å². The lowest BCUT2D eigenvalue weighted by Gasteiger charge is -2.13. The average Bonchev–Trinajstić information content (AvgIpc) is 2.63. The van der Waals surface area contributed by atoms with Crippen molar-refractivity contribution in [1.29, 1.82) is 0 Å². The van der Waals surface area contributed by atoms with E-state index >= 15 is 0 Å². The number of nitrogens with zero attached hydrogens (tertiary/aromatic N) is 1. The lowest BCUT2D eigenvalue weighted by atomic mass is 10.2. The summed E-state index contributed by atoms with van der Waals surface area (Å²) >= 11 is 0. The van der Waals surface area contributed by atoms with Gasteiger partial charge in [-0.25, -0.2) is 4.79 Å². The first-order valence-corrected chi connectivity index (χ1v) is 9.27. The Morgan fingerprint density at radius 2 is 1.78 bits per heavy atom. The Morgan fingerprint density at radius 1 is 1.15 bits per heavy atom. The van der Waals surface area contributed by atoms with Crippen LogP contribution >= 0.6 is 0 Å². The maximum absolute atomic E-state index is 12.8. The molecule has 0 spiro atoms. The molecule has 27 heavy (non-hydrogen) atoms. The summed E-state index contributed by atoms with van der Waals surface area (Å²) in [4.78, 5) is 39.7. The van der Waals surface area contributed by atoms with Crippen LogP contribution in [-0.2, 0) is 11.3 Å². The third-order valence-electron chi connectivity index (χ3n) is 4.23. The molecule has 1 aromatic carbocycles. The second kappa shape index (κ2) is 9.25. The van der Waals surface area contributed by atoms with Crippen LogP contribution in [0.15, 0.2) is 21.7 Å². The minimum atomic E-state index is -0.560. The van der Waals surface area contributed by atoms with Crippen molar-refractivity contribution in [2.45, 2.75) is 53.1 Å². The van der Waals surface area contributed by atoms with E-state index in [0.29, 0.717) is 35.6 Å². The molecule has 8 heteroatoms. The van der Waals surface area contributed by atoms with Gasteiger partial charge in [-0.15, -0.1) is 0 Å². The van der Waals surface area contributed by atoms with E-state index in [1.54, 1.807) is 12.1 Å². The highest BCUT2D eigenvalue weighted by Crippen LogP contribution is 2.30. The second-order valence-electron chi connectivity index (χ2n) is 6.22. The van der Waals surface area contributed by atoms with Gasteiger partial charge in [-0.3, -0.25) is 14.2 Å². The molecule has 0 bridgehead atoms. The van der Waals surface area contributed by atoms with Crippen LogP contribution in [0.5, 0.6) is 11.5 Å². The average molecular weight is 377 g/mol. The number of hydrogen-bond acceptors (Lipinski definition) is 5. The summed E-state index contributed by atoms with van der Waals surface area (Å²) in [6.45, 7) is 8.39. The van der Waals surface area contributed by atoms with Gasteiger partial charge in [0.25, 0.3) is 5.56 Å². The number of aromatic nitrogens is 2. The van der Waals surface area contributed by atoms with E-state index in [0.717, 1.165) is 11.0 Å². The zero-order chi connectivity index (χ0) is 20.0. The van der Waals surface area contributed by atoms with E-state index in [1.165, 1.54) is 0 Å². The van der Waals surface area contributed by atoms with Gasteiger partial charge in [-0.05, 0) is 33.3 Å². The van der Waals surface area contributed by atoms with Crippen molar-refractivity contribution in [3.05, 3.63) is 33.0 Å². The van der Waals surface area contributed by atoms with Crippen molar-refractivity contribution in [3.63, 3.8) is 0 Å². The van der Waals surface area contributed by atoms with Crippen LogP contribution < -0.4 is 26.0 Å². The number of carbonyl (C=O) groups is 1. The summed E-state index contributed by atoms with van der Waals surface area (Å²) in [5, 5.41) is 3.13. The number of benzene rings is 1. The monoisotopic (exact) mass is 377 g/mol. The summed E-state index contributed by atoms with van der Waals surface area (Å²) in [7, 11) is 0. The highest BCUT2D eigenvalue weighted by atomic mass is 16.5. The topological polar surface area (TPSA) is 102 Å². The number of fused-ring (bicyclic) bond motifs is 1. The molecule has 1 aromatic heterocycles. The third-order valence-corrected chi connectivity index (χ3v) is 4.23. The normalized spacial score (nSPS) is 12.0. The molecule has 0 fully saturated rings. The Labute approximate surface area is 157 Å². The molecule has 2 rings (SSSR count). The van der Waals surface area contributed by atoms with Crippen molar-refractivity contribution in [2.75, 3.05) is 13.2 Å². The van der Waals surface area contributed by atoms with E-state index in [-0.39, 0.29) is 24.9 Å². The summed E-state index contributed by atoms with van der Waals surface area (Å²) < 4.78 is 12.1. The zero-order valence-electron chi connectivity index (χ0n) is 16.3. The minimum absolute atomic E-state index is 0.00353. The third kappa shape index (κ3) is 4.90. The lowest BCUT2D eigenvalue weighted by Crippen LogP contribution is -2.38. The van der Waals surface area contributed by atoms with E-state index in [4.69, 9.17) is 9.47 Å². The molecule has 2 aromatic rings. The molecule has 1 heterocycles. The summed E-state index contributed by atoms with van der Waals surface area (Å²) in [6, 6.07) is 3.21. The lowest BCUT2D eigenvalue weighted by molar-refractivity contribution is -0.121. The number of aromatic amines is 1. The number of ether oxygens (including phenoxy) is 2. The maximum Gasteiger partial charge on any atom is 0.328 e. The van der Waals surface area contributed by atoms with Gasteiger partial charge in [0.1, 0.15) is 0 Å². The predicted octanol–water partition coefficient (Wildman–Crippen LogP) is 1.79. The molecule has 0 radical (unpaired) electrons. The largest absolute Gasteiger partial charge is 0.490 e. The number of rotatable bonds is 9. The Morgan fingerprint density at radius 3 is 2.37 bits per heavy atom. The minimum Gasteiger partial charge on any atom is -0.490 e. The van der Waals surface area contributed by atoms with E-state index < -0.39 is 11.2 Å². The van der Waals surface area contributed by atoms with Gasteiger partial charge in [-0.1, -0.05) is 6.92 Å². The number of nitrogens with one attached hydrogen (secondary N) is 2. The van der Waals surface area contributed by atoms with Crippen molar-refractivity contribution in [1.82, 2.24) is 14.9 Å². The predicted molar refractivity (Wildman–Crippen MR) is 104 cm³/mol. The summed E-state index contributed by atoms with van der Waals surface area (Å²) in [6.07, 6.45) is 0.860. The number of hydrogen-bond donors (Lipinski definition) is 2. The van der Waals surface area contributed by atoms with Crippen LogP contribution in [0.25, 0.3) is 10.9 Å². The first-order valence-electron chi connectivity index (χ1n) is 9.27. The first kappa shape index (κ1) is 20.5. The summed E-state index contributed by atoms with van der Waals surface area (Å²) in [5.74, 6) is 0.710. The molecule has 2 N–H and O–H groups in total. The molecule has 8 nitrogen and oxygen atoms in total. The van der Waals surface area contributed by atoms with E-state index in [9.17, 15) is 14.4 Å². The number of amides is 1. The van der Waals surface area contributed by atoms with E-state index in [1.807, 2.05) is 27.7 Å². The highest BCUT2D eigenvalue weighted by molar-refractivity contribution is 5.81. The van der Waals surface area contributed by atoms with Crippen LogP contribution in [0, 0.1) is 0 Å². The van der Waals surface area contributed by atoms with Gasteiger partial charge in [0.2, 0.25) is 5.91 Å². The van der Waals surface area contributed by atoms with Crippen molar-refractivity contribution >= 4 is 16.8 Å². The molecule has 148 valence electrons. The Kier molecular flexibility index (Phi) is 7.04. The summed E-state index contributed by atoms with van der Waals surface area (Å²) in [5.41, 5.74) is -0.651. The van der Waals surface area contributed by atoms with Gasteiger partial charge in [0.05, 0.1) is 24.1 Å². The SMILES string of the molecule is CCOc1cc2[nH]c(=O)n(CCC(=O)N[C@@H](C)CC)c(=O)c2cc1OCC. The van der Waals surface area contributed by atoms with Crippen molar-refractivity contribution in [3.8, 4) is 11.5 Å². The molecule has 1 amide bonds. The molecule has 0 aliphatic rings. The van der Waals surface area contributed by atoms with Crippen molar-refractivity contribution < 1.29 is 14.3 Å². The molecule has 0 aliphatic carbocycles. The van der Waals surface area contributed by atoms with Gasteiger partial charge < -0.3 is 19.8 Å². The number of carbonyl (C=O) groups excluding carboxylic acids is 1. The maximum atomic E-state index is 12.8. The fourth-order valence-electron chi connectivity index (χ4n) is 2.66. The highest BCUT2D eigenvalue weighted by Gasteiger charge is 2.14. The zero-order valence-corrected chi connectivity index (χ0v) is 16.3. The Hall–Kier alpha value is -2.77. The first-order chi connectivity index (χ1) is 12.9. The second-order valence-corrected chi connectivity index (χ2v) is 6.22.